The highest BCUT2D eigenvalue weighted by Crippen LogP contribution is 2.20. The smallest absolute Gasteiger partial charge is 0.222 e. The zero-order chi connectivity index (χ0) is 14.1. The number of aromatic nitrogens is 2. The molecular weight excluding hydrogens is 246 g/mol. The first kappa shape index (κ1) is 14.9. The van der Waals surface area contributed by atoms with E-state index >= 15 is 0 Å². The third kappa shape index (κ3) is 5.33. The Morgan fingerprint density at radius 2 is 2.32 bits per heavy atom. The van der Waals surface area contributed by atoms with E-state index in [1.165, 1.54) is 6.20 Å². The third-order valence-electron chi connectivity index (χ3n) is 2.26. The largest absolute Gasteiger partial charge is 0.491 e. The summed E-state index contributed by atoms with van der Waals surface area (Å²) in [5.41, 5.74) is 5.52. The third-order valence-corrected chi connectivity index (χ3v) is 2.26. The summed E-state index contributed by atoms with van der Waals surface area (Å²) in [5.74, 6) is 1.94. The fraction of sp³-hybridized carbons (Fsp3) is 0.500. The average Bonchev–Trinajstić information content (AvgIpc) is 2.39. The molecule has 19 heavy (non-hydrogen) atoms. The van der Waals surface area contributed by atoms with Gasteiger partial charge in [0, 0.05) is 13.1 Å². The number of nitrogens with zero attached hydrogens (tertiary/aromatic N) is 2. The van der Waals surface area contributed by atoms with Crippen molar-refractivity contribution in [3.05, 3.63) is 18.7 Å². The highest BCUT2D eigenvalue weighted by molar-refractivity contribution is 5.50. The van der Waals surface area contributed by atoms with Gasteiger partial charge in [0.1, 0.15) is 0 Å². The van der Waals surface area contributed by atoms with E-state index in [9.17, 15) is 0 Å². The summed E-state index contributed by atoms with van der Waals surface area (Å²) in [6.45, 7) is 7.77. The van der Waals surface area contributed by atoms with Gasteiger partial charge in [-0.25, -0.2) is 4.98 Å². The Labute approximate surface area is 113 Å². The van der Waals surface area contributed by atoms with Gasteiger partial charge in [0.05, 0.1) is 19.9 Å². The molecule has 1 aromatic rings. The molecule has 0 saturated carbocycles. The minimum atomic E-state index is 0.208. The van der Waals surface area contributed by atoms with Gasteiger partial charge in [-0.05, 0) is 19.9 Å². The Hall–Kier alpha value is -2.18. The van der Waals surface area contributed by atoms with Crippen molar-refractivity contribution >= 4 is 11.8 Å². The van der Waals surface area contributed by atoms with Gasteiger partial charge in [0.25, 0.3) is 0 Å². The molecule has 1 rings (SSSR count). The molecule has 0 bridgehead atoms. The summed E-state index contributed by atoms with van der Waals surface area (Å²) < 4.78 is 10.5. The van der Waals surface area contributed by atoms with Gasteiger partial charge in [-0.2, -0.15) is 4.98 Å². The molecule has 1 heterocycles. The highest BCUT2D eigenvalue weighted by atomic mass is 16.5. The van der Waals surface area contributed by atoms with E-state index in [1.807, 2.05) is 6.92 Å². The molecule has 4 N–H and O–H groups in total. The van der Waals surface area contributed by atoms with Crippen molar-refractivity contribution in [1.82, 2.24) is 15.3 Å². The van der Waals surface area contributed by atoms with Crippen LogP contribution >= 0.6 is 0 Å². The maximum absolute atomic E-state index is 5.52. The van der Waals surface area contributed by atoms with E-state index in [0.29, 0.717) is 30.6 Å². The van der Waals surface area contributed by atoms with Gasteiger partial charge in [-0.15, -0.1) is 0 Å². The zero-order valence-electron chi connectivity index (χ0n) is 11.4. The number of nitrogens with one attached hydrogen (secondary N) is 2. The highest BCUT2D eigenvalue weighted by Gasteiger charge is 2.05. The molecule has 0 aromatic carbocycles. The Balaban J connectivity index is 2.29. The lowest BCUT2D eigenvalue weighted by molar-refractivity contribution is 0.192. The molecule has 0 radical (unpaired) electrons. The van der Waals surface area contributed by atoms with Gasteiger partial charge in [0.15, 0.2) is 17.5 Å². The second kappa shape index (κ2) is 8.02. The molecule has 1 aromatic heterocycles. The van der Waals surface area contributed by atoms with Crippen molar-refractivity contribution in [3.63, 3.8) is 0 Å². The summed E-state index contributed by atoms with van der Waals surface area (Å²) in [7, 11) is 1.56. The van der Waals surface area contributed by atoms with Crippen LogP contribution in [0.2, 0.25) is 0 Å². The van der Waals surface area contributed by atoms with E-state index < -0.39 is 0 Å². The first-order chi connectivity index (χ1) is 9.17. The maximum Gasteiger partial charge on any atom is 0.222 e. The molecule has 0 aliphatic carbocycles. The van der Waals surface area contributed by atoms with Crippen LogP contribution in [0.1, 0.15) is 13.3 Å². The number of anilines is 2. The van der Waals surface area contributed by atoms with Crippen LogP contribution in [0.3, 0.4) is 0 Å². The lowest BCUT2D eigenvalue weighted by Crippen LogP contribution is -2.15. The van der Waals surface area contributed by atoms with Crippen molar-refractivity contribution < 1.29 is 9.47 Å². The van der Waals surface area contributed by atoms with Crippen LogP contribution in [-0.4, -0.2) is 36.8 Å². The van der Waals surface area contributed by atoms with Crippen molar-refractivity contribution in [3.8, 4) is 5.75 Å². The quantitative estimate of drug-likeness (QED) is 0.453. The molecule has 0 amide bonds. The summed E-state index contributed by atoms with van der Waals surface area (Å²) in [6.07, 6.45) is 2.34. The summed E-state index contributed by atoms with van der Waals surface area (Å²) in [6, 6.07) is 0. The van der Waals surface area contributed by atoms with Gasteiger partial charge < -0.3 is 25.8 Å². The Kier molecular flexibility index (Phi) is 6.28. The number of ether oxygens (including phenoxy) is 2. The minimum Gasteiger partial charge on any atom is -0.491 e. The molecule has 0 saturated heterocycles. The summed E-state index contributed by atoms with van der Waals surface area (Å²) in [5, 5.41) is 6.11. The Morgan fingerprint density at radius 3 is 3.00 bits per heavy atom. The number of nitrogens with two attached hydrogens (primary N) is 1. The number of methoxy groups -OCH3 is 1. The van der Waals surface area contributed by atoms with Crippen LogP contribution in [0.4, 0.5) is 11.8 Å². The molecule has 0 spiro atoms. The van der Waals surface area contributed by atoms with E-state index in [-0.39, 0.29) is 5.95 Å². The molecule has 7 heteroatoms. The van der Waals surface area contributed by atoms with Crippen molar-refractivity contribution in [2.45, 2.75) is 13.3 Å². The lowest BCUT2D eigenvalue weighted by Gasteiger charge is -2.11. The fourth-order valence-corrected chi connectivity index (χ4v) is 1.38. The molecule has 0 atom stereocenters. The SMILES string of the molecule is C=C(NCC)OCCCNc1nc(N)ncc1OC. The van der Waals surface area contributed by atoms with Crippen molar-refractivity contribution in [2.24, 2.45) is 0 Å². The molecule has 0 aliphatic heterocycles. The molecule has 0 aliphatic rings. The van der Waals surface area contributed by atoms with Crippen molar-refractivity contribution in [2.75, 3.05) is 37.9 Å². The predicted molar refractivity (Wildman–Crippen MR) is 74.9 cm³/mol. The van der Waals surface area contributed by atoms with Gasteiger partial charge in [-0.1, -0.05) is 0 Å². The second-order valence-electron chi connectivity index (χ2n) is 3.73. The summed E-state index contributed by atoms with van der Waals surface area (Å²) >= 11 is 0. The van der Waals surface area contributed by atoms with Gasteiger partial charge in [-0.3, -0.25) is 0 Å². The first-order valence-corrected chi connectivity index (χ1v) is 6.13. The van der Waals surface area contributed by atoms with Crippen LogP contribution in [0.5, 0.6) is 5.75 Å². The molecular formula is C12H21N5O2. The van der Waals surface area contributed by atoms with E-state index in [2.05, 4.69) is 27.2 Å². The van der Waals surface area contributed by atoms with Crippen LogP contribution in [0.25, 0.3) is 0 Å². The number of hydrogen-bond acceptors (Lipinski definition) is 7. The van der Waals surface area contributed by atoms with Crippen molar-refractivity contribution in [1.29, 1.82) is 0 Å². The maximum atomic E-state index is 5.52. The number of rotatable bonds is 9. The monoisotopic (exact) mass is 267 g/mol. The number of nitrogen functional groups attached to an aromatic ring is 1. The van der Waals surface area contributed by atoms with Gasteiger partial charge in [0.2, 0.25) is 5.95 Å². The van der Waals surface area contributed by atoms with Crippen LogP contribution in [0, 0.1) is 0 Å². The Morgan fingerprint density at radius 1 is 1.53 bits per heavy atom. The summed E-state index contributed by atoms with van der Waals surface area (Å²) in [4.78, 5) is 7.92. The molecule has 0 fully saturated rings. The second-order valence-corrected chi connectivity index (χ2v) is 3.73. The van der Waals surface area contributed by atoms with Crippen LogP contribution in [0.15, 0.2) is 18.7 Å². The fourth-order valence-electron chi connectivity index (χ4n) is 1.38. The minimum absolute atomic E-state index is 0.208. The molecule has 106 valence electrons. The lowest BCUT2D eigenvalue weighted by atomic mass is 10.4. The van der Waals surface area contributed by atoms with Crippen LogP contribution < -0.4 is 21.1 Å². The zero-order valence-corrected chi connectivity index (χ0v) is 11.4. The van der Waals surface area contributed by atoms with E-state index in [4.69, 9.17) is 15.2 Å². The first-order valence-electron chi connectivity index (χ1n) is 6.13. The topological polar surface area (TPSA) is 94.3 Å². The van der Waals surface area contributed by atoms with Crippen LogP contribution in [-0.2, 0) is 4.74 Å². The Bertz CT molecular complexity index is 411. The standard InChI is InChI=1S/C12H21N5O2/c1-4-14-9(2)19-7-5-6-15-11-10(18-3)8-16-12(13)17-11/h8,14H,2,4-7H2,1,3H3,(H3,13,15,16,17). The number of hydrogen-bond donors (Lipinski definition) is 3. The van der Waals surface area contributed by atoms with E-state index in [1.54, 1.807) is 7.11 Å². The average molecular weight is 267 g/mol. The normalized spacial score (nSPS) is 9.79. The van der Waals surface area contributed by atoms with E-state index in [0.717, 1.165) is 13.0 Å². The molecule has 7 nitrogen and oxygen atoms in total. The van der Waals surface area contributed by atoms with Gasteiger partial charge >= 0.3 is 0 Å². The predicted octanol–water partition coefficient (Wildman–Crippen LogP) is 0.967. The molecule has 0 unspecified atom stereocenters.